The lowest BCUT2D eigenvalue weighted by Crippen LogP contribution is -2.46. The van der Waals surface area contributed by atoms with Crippen LogP contribution in [0, 0.1) is 5.92 Å². The number of aliphatic hydroxyl groups is 1. The number of rotatable bonds is 6. The van der Waals surface area contributed by atoms with Gasteiger partial charge in [0.05, 0.1) is 11.9 Å². The summed E-state index contributed by atoms with van der Waals surface area (Å²) in [5, 5.41) is 10.7. The van der Waals surface area contributed by atoms with Gasteiger partial charge in [-0.1, -0.05) is 58.4 Å². The highest BCUT2D eigenvalue weighted by molar-refractivity contribution is 9.09. The topological polar surface area (TPSA) is 89.6 Å². The molecule has 0 aliphatic heterocycles. The molecule has 0 saturated heterocycles. The second-order valence-corrected chi connectivity index (χ2v) is 5.48. The Bertz CT molecular complexity index is 626. The van der Waals surface area contributed by atoms with Crippen molar-refractivity contribution in [2.75, 3.05) is 5.33 Å². The smallest absolute Gasteiger partial charge is 0.230 e. The van der Waals surface area contributed by atoms with E-state index >= 15 is 0 Å². The zero-order chi connectivity index (χ0) is 16.2. The van der Waals surface area contributed by atoms with Crippen LogP contribution in [0.15, 0.2) is 54.1 Å². The van der Waals surface area contributed by atoms with E-state index in [0.29, 0.717) is 5.57 Å². The Morgan fingerprint density at radius 1 is 1.32 bits per heavy atom. The molecule has 0 radical (unpaired) electrons. The Hall–Kier alpha value is -1.76. The van der Waals surface area contributed by atoms with Crippen LogP contribution in [0.2, 0.25) is 0 Å². The quantitative estimate of drug-likeness (QED) is 0.589. The van der Waals surface area contributed by atoms with Gasteiger partial charge in [0.1, 0.15) is 5.92 Å². The highest BCUT2D eigenvalue weighted by atomic mass is 79.9. The van der Waals surface area contributed by atoms with Crippen molar-refractivity contribution in [2.45, 2.75) is 12.4 Å². The molecule has 1 aliphatic carbocycles. The number of amides is 1. The summed E-state index contributed by atoms with van der Waals surface area (Å²) >= 11 is 3.06. The molecule has 0 saturated carbocycles. The number of ether oxygens (including phenoxy) is 1. The SMILES string of the molecule is NC(=O)C1C=C(C(=O)CBr)C=CC1(O)OCc1ccccc1. The number of alkyl halides is 1. The van der Waals surface area contributed by atoms with Crippen LogP contribution in [0.3, 0.4) is 0 Å². The van der Waals surface area contributed by atoms with E-state index in [0.717, 1.165) is 5.56 Å². The van der Waals surface area contributed by atoms with Crippen molar-refractivity contribution < 1.29 is 19.4 Å². The number of halogens is 1. The Morgan fingerprint density at radius 3 is 2.59 bits per heavy atom. The molecule has 0 heterocycles. The molecular weight excluding hydrogens is 350 g/mol. The van der Waals surface area contributed by atoms with Crippen molar-refractivity contribution in [1.29, 1.82) is 0 Å². The molecule has 6 heteroatoms. The van der Waals surface area contributed by atoms with Gasteiger partial charge in [-0.05, 0) is 11.6 Å². The maximum absolute atomic E-state index is 11.7. The Morgan fingerprint density at radius 2 is 2.00 bits per heavy atom. The van der Waals surface area contributed by atoms with Crippen LogP contribution in [0.25, 0.3) is 0 Å². The van der Waals surface area contributed by atoms with Gasteiger partial charge in [0.25, 0.3) is 0 Å². The fourth-order valence-electron chi connectivity index (χ4n) is 2.13. The van der Waals surface area contributed by atoms with E-state index in [4.69, 9.17) is 10.5 Å². The van der Waals surface area contributed by atoms with E-state index < -0.39 is 17.6 Å². The van der Waals surface area contributed by atoms with Gasteiger partial charge in [-0.25, -0.2) is 0 Å². The number of benzene rings is 1. The van der Waals surface area contributed by atoms with E-state index in [9.17, 15) is 14.7 Å². The highest BCUT2D eigenvalue weighted by Gasteiger charge is 2.41. The van der Waals surface area contributed by atoms with E-state index in [1.165, 1.54) is 18.2 Å². The molecular formula is C16H16BrNO4. The average Bonchev–Trinajstić information content (AvgIpc) is 2.53. The maximum Gasteiger partial charge on any atom is 0.230 e. The first-order chi connectivity index (χ1) is 10.5. The first kappa shape index (κ1) is 16.6. The van der Waals surface area contributed by atoms with Crippen molar-refractivity contribution in [3.8, 4) is 0 Å². The lowest BCUT2D eigenvalue weighted by molar-refractivity contribution is -0.200. The lowest BCUT2D eigenvalue weighted by atomic mass is 9.88. The van der Waals surface area contributed by atoms with Gasteiger partial charge < -0.3 is 15.6 Å². The molecule has 3 N–H and O–H groups in total. The van der Waals surface area contributed by atoms with E-state index in [2.05, 4.69) is 15.9 Å². The van der Waals surface area contributed by atoms with Crippen molar-refractivity contribution in [3.05, 3.63) is 59.7 Å². The minimum absolute atomic E-state index is 0.112. The van der Waals surface area contributed by atoms with E-state index in [-0.39, 0.29) is 17.7 Å². The molecule has 2 rings (SSSR count). The fraction of sp³-hybridized carbons (Fsp3) is 0.250. The predicted octanol–water partition coefficient (Wildman–Crippen LogP) is 1.45. The fourth-order valence-corrected chi connectivity index (χ4v) is 2.45. The molecule has 1 aromatic carbocycles. The summed E-state index contributed by atoms with van der Waals surface area (Å²) in [4.78, 5) is 23.3. The number of hydrogen-bond acceptors (Lipinski definition) is 4. The number of primary amides is 1. The lowest BCUT2D eigenvalue weighted by Gasteiger charge is -2.32. The number of carbonyl (C=O) groups is 2. The van der Waals surface area contributed by atoms with Gasteiger partial charge in [0.15, 0.2) is 5.78 Å². The molecule has 1 aliphatic rings. The van der Waals surface area contributed by atoms with Gasteiger partial charge in [0.2, 0.25) is 11.7 Å². The van der Waals surface area contributed by atoms with Crippen molar-refractivity contribution in [3.63, 3.8) is 0 Å². The van der Waals surface area contributed by atoms with E-state index in [1.807, 2.05) is 30.3 Å². The number of hydrogen-bond donors (Lipinski definition) is 2. The summed E-state index contributed by atoms with van der Waals surface area (Å²) in [6.45, 7) is 0.112. The molecule has 116 valence electrons. The van der Waals surface area contributed by atoms with Crippen LogP contribution in [-0.4, -0.2) is 27.9 Å². The third-order valence-corrected chi connectivity index (χ3v) is 3.87. The Kier molecular flexibility index (Phi) is 5.28. The number of carbonyl (C=O) groups excluding carboxylic acids is 2. The number of nitrogens with two attached hydrogens (primary N) is 1. The van der Waals surface area contributed by atoms with Crippen LogP contribution in [0.5, 0.6) is 0 Å². The summed E-state index contributed by atoms with van der Waals surface area (Å²) in [5.41, 5.74) is 6.49. The van der Waals surface area contributed by atoms with Gasteiger partial charge in [-0.15, -0.1) is 0 Å². The van der Waals surface area contributed by atoms with Crippen LogP contribution in [-0.2, 0) is 20.9 Å². The van der Waals surface area contributed by atoms with Gasteiger partial charge in [0, 0.05) is 5.57 Å². The van der Waals surface area contributed by atoms with Crippen LogP contribution in [0.1, 0.15) is 5.56 Å². The first-order valence-corrected chi connectivity index (χ1v) is 7.78. The molecule has 1 amide bonds. The molecule has 0 bridgehead atoms. The first-order valence-electron chi connectivity index (χ1n) is 6.66. The Balaban J connectivity index is 2.18. The standard InChI is InChI=1S/C16H16BrNO4/c17-9-14(19)12-6-7-16(21,13(8-12)15(18)20)22-10-11-4-2-1-3-5-11/h1-8,13,21H,9-10H2,(H2,18,20). The molecule has 0 fully saturated rings. The van der Waals surface area contributed by atoms with Crippen LogP contribution >= 0.6 is 15.9 Å². The molecule has 0 aromatic heterocycles. The van der Waals surface area contributed by atoms with Gasteiger partial charge >= 0.3 is 0 Å². The summed E-state index contributed by atoms with van der Waals surface area (Å²) < 4.78 is 5.49. The number of allylic oxidation sites excluding steroid dienone is 2. The Labute approximate surface area is 136 Å². The third-order valence-electron chi connectivity index (χ3n) is 3.36. The number of ketones is 1. The second-order valence-electron chi connectivity index (χ2n) is 4.92. The number of Topliss-reactive ketones (excluding diaryl/α,β-unsaturated/α-hetero) is 1. The van der Waals surface area contributed by atoms with Crippen molar-refractivity contribution in [2.24, 2.45) is 11.7 Å². The summed E-state index contributed by atoms with van der Waals surface area (Å²) in [6.07, 6.45) is 4.08. The van der Waals surface area contributed by atoms with Crippen molar-refractivity contribution in [1.82, 2.24) is 0 Å². The monoisotopic (exact) mass is 365 g/mol. The molecule has 22 heavy (non-hydrogen) atoms. The molecule has 2 atom stereocenters. The molecule has 2 unspecified atom stereocenters. The second kappa shape index (κ2) is 7.00. The van der Waals surface area contributed by atoms with Crippen molar-refractivity contribution >= 4 is 27.6 Å². The zero-order valence-electron chi connectivity index (χ0n) is 11.7. The molecule has 1 aromatic rings. The maximum atomic E-state index is 11.7. The summed E-state index contributed by atoms with van der Waals surface area (Å²) in [5.74, 6) is -3.95. The third kappa shape index (κ3) is 3.71. The van der Waals surface area contributed by atoms with E-state index in [1.54, 1.807) is 0 Å². The molecule has 5 nitrogen and oxygen atoms in total. The highest BCUT2D eigenvalue weighted by Crippen LogP contribution is 2.30. The summed E-state index contributed by atoms with van der Waals surface area (Å²) in [7, 11) is 0. The largest absolute Gasteiger partial charge is 0.369 e. The van der Waals surface area contributed by atoms with Crippen LogP contribution in [0.4, 0.5) is 0 Å². The molecule has 0 spiro atoms. The minimum atomic E-state index is -1.86. The average molecular weight is 366 g/mol. The minimum Gasteiger partial charge on any atom is -0.369 e. The van der Waals surface area contributed by atoms with Gasteiger partial charge in [-0.2, -0.15) is 0 Å². The normalized spacial score (nSPS) is 23.9. The predicted molar refractivity (Wildman–Crippen MR) is 84.9 cm³/mol. The van der Waals surface area contributed by atoms with Crippen LogP contribution < -0.4 is 5.73 Å². The summed E-state index contributed by atoms with van der Waals surface area (Å²) in [6, 6.07) is 9.23. The van der Waals surface area contributed by atoms with Gasteiger partial charge in [-0.3, -0.25) is 9.59 Å². The zero-order valence-corrected chi connectivity index (χ0v) is 13.3.